The molecule has 126 valence electrons. The van der Waals surface area contributed by atoms with Crippen LogP contribution in [-0.4, -0.2) is 18.5 Å². The van der Waals surface area contributed by atoms with E-state index in [0.29, 0.717) is 5.69 Å². The van der Waals surface area contributed by atoms with Crippen LogP contribution in [0, 0.1) is 11.6 Å². The highest BCUT2D eigenvalue weighted by Crippen LogP contribution is 2.17. The number of para-hydroxylation sites is 1. The van der Waals surface area contributed by atoms with E-state index in [-0.39, 0.29) is 12.1 Å². The summed E-state index contributed by atoms with van der Waals surface area (Å²) in [6, 6.07) is 10.7. The van der Waals surface area contributed by atoms with Crippen LogP contribution in [0.25, 0.3) is 0 Å². The van der Waals surface area contributed by atoms with Crippen molar-refractivity contribution in [2.24, 2.45) is 0 Å². The quantitative estimate of drug-likeness (QED) is 0.787. The van der Waals surface area contributed by atoms with Gasteiger partial charge in [0.2, 0.25) is 5.91 Å². The minimum absolute atomic E-state index is 0.165. The summed E-state index contributed by atoms with van der Waals surface area (Å²) in [4.78, 5) is 23.5. The molecule has 2 aromatic rings. The molecule has 0 aliphatic carbocycles. The summed E-state index contributed by atoms with van der Waals surface area (Å²) in [7, 11) is 0. The van der Waals surface area contributed by atoms with Crippen LogP contribution in [0.4, 0.5) is 19.3 Å². The third kappa shape index (κ3) is 5.05. The van der Waals surface area contributed by atoms with Gasteiger partial charge in [0, 0.05) is 17.3 Å². The van der Waals surface area contributed by atoms with Gasteiger partial charge in [0.25, 0.3) is 0 Å². The van der Waals surface area contributed by atoms with Gasteiger partial charge >= 0.3 is 6.03 Å². The van der Waals surface area contributed by atoms with Crippen molar-refractivity contribution in [3.8, 4) is 0 Å². The Hall–Kier alpha value is -2.96. The maximum Gasteiger partial charge on any atom is 0.319 e. The number of halogens is 2. The molecule has 0 aliphatic rings. The molecule has 7 heteroatoms. The van der Waals surface area contributed by atoms with Crippen LogP contribution >= 0.6 is 0 Å². The van der Waals surface area contributed by atoms with Gasteiger partial charge in [-0.2, -0.15) is 0 Å². The highest BCUT2D eigenvalue weighted by molar-refractivity contribution is 5.92. The smallest absolute Gasteiger partial charge is 0.319 e. The lowest BCUT2D eigenvalue weighted by Crippen LogP contribution is -2.39. The molecule has 1 unspecified atom stereocenters. The monoisotopic (exact) mass is 333 g/mol. The molecule has 0 fully saturated rings. The van der Waals surface area contributed by atoms with E-state index in [1.165, 1.54) is 6.07 Å². The van der Waals surface area contributed by atoms with E-state index >= 15 is 0 Å². The van der Waals surface area contributed by atoms with Crippen molar-refractivity contribution in [1.29, 1.82) is 0 Å². The molecule has 1 atom stereocenters. The number of benzene rings is 2. The number of urea groups is 1. The van der Waals surface area contributed by atoms with E-state index in [1.807, 2.05) is 6.07 Å². The van der Waals surface area contributed by atoms with Crippen LogP contribution in [0.3, 0.4) is 0 Å². The predicted octanol–water partition coefficient (Wildman–Crippen LogP) is 2.96. The summed E-state index contributed by atoms with van der Waals surface area (Å²) < 4.78 is 26.5. The molecule has 0 bridgehead atoms. The lowest BCUT2D eigenvalue weighted by atomic mass is 10.1. The van der Waals surface area contributed by atoms with Gasteiger partial charge < -0.3 is 16.0 Å². The van der Waals surface area contributed by atoms with Gasteiger partial charge in [0.15, 0.2) is 0 Å². The number of hydrogen-bond acceptors (Lipinski definition) is 2. The molecular weight excluding hydrogens is 316 g/mol. The Bertz CT molecular complexity index is 723. The zero-order valence-corrected chi connectivity index (χ0v) is 13.0. The number of carbonyl (C=O) groups excluding carboxylic acids is 2. The van der Waals surface area contributed by atoms with Crippen LogP contribution < -0.4 is 16.0 Å². The normalized spacial score (nSPS) is 11.5. The summed E-state index contributed by atoms with van der Waals surface area (Å²) in [6.45, 7) is 1.30. The van der Waals surface area contributed by atoms with Crippen LogP contribution in [0.2, 0.25) is 0 Å². The number of nitrogens with one attached hydrogen (secondary N) is 3. The van der Waals surface area contributed by atoms with Gasteiger partial charge in [-0.25, -0.2) is 13.6 Å². The Kier molecular flexibility index (Phi) is 5.83. The minimum Gasteiger partial charge on any atom is -0.348 e. The van der Waals surface area contributed by atoms with Gasteiger partial charge in [-0.15, -0.1) is 0 Å². The van der Waals surface area contributed by atoms with E-state index < -0.39 is 29.6 Å². The molecule has 0 saturated carbocycles. The molecule has 3 amide bonds. The first-order chi connectivity index (χ1) is 11.5. The van der Waals surface area contributed by atoms with E-state index in [9.17, 15) is 18.4 Å². The zero-order chi connectivity index (χ0) is 17.5. The fraction of sp³-hybridized carbons (Fsp3) is 0.176. The Morgan fingerprint density at radius 3 is 2.46 bits per heavy atom. The Balaban J connectivity index is 1.81. The van der Waals surface area contributed by atoms with E-state index in [2.05, 4.69) is 16.0 Å². The first-order valence-corrected chi connectivity index (χ1v) is 7.30. The highest BCUT2D eigenvalue weighted by atomic mass is 19.1. The Morgan fingerprint density at radius 1 is 1.08 bits per heavy atom. The van der Waals surface area contributed by atoms with Crippen molar-refractivity contribution in [3.05, 3.63) is 65.7 Å². The summed E-state index contributed by atoms with van der Waals surface area (Å²) in [6.07, 6.45) is 0. The SMILES string of the molecule is CC(NC(=O)CNC(=O)Nc1ccccc1)c1ccc(F)cc1F. The molecule has 0 saturated heterocycles. The fourth-order valence-corrected chi connectivity index (χ4v) is 2.08. The Morgan fingerprint density at radius 2 is 1.79 bits per heavy atom. The minimum atomic E-state index is -0.738. The van der Waals surface area contributed by atoms with Crippen molar-refractivity contribution >= 4 is 17.6 Å². The lowest BCUT2D eigenvalue weighted by molar-refractivity contribution is -0.120. The van der Waals surface area contributed by atoms with Gasteiger partial charge in [-0.05, 0) is 25.1 Å². The van der Waals surface area contributed by atoms with E-state index in [4.69, 9.17) is 0 Å². The molecule has 5 nitrogen and oxygen atoms in total. The first kappa shape index (κ1) is 17.4. The molecular formula is C17H17F2N3O2. The average Bonchev–Trinajstić information content (AvgIpc) is 2.53. The zero-order valence-electron chi connectivity index (χ0n) is 13.0. The largest absolute Gasteiger partial charge is 0.348 e. The maximum absolute atomic E-state index is 13.6. The summed E-state index contributed by atoms with van der Waals surface area (Å²) >= 11 is 0. The maximum atomic E-state index is 13.6. The van der Waals surface area contributed by atoms with Crippen LogP contribution in [0.15, 0.2) is 48.5 Å². The van der Waals surface area contributed by atoms with E-state index in [0.717, 1.165) is 12.1 Å². The van der Waals surface area contributed by atoms with Crippen molar-refractivity contribution in [3.63, 3.8) is 0 Å². The molecule has 2 rings (SSSR count). The highest BCUT2D eigenvalue weighted by Gasteiger charge is 2.14. The van der Waals surface area contributed by atoms with Crippen LogP contribution in [0.5, 0.6) is 0 Å². The van der Waals surface area contributed by atoms with Crippen molar-refractivity contribution in [2.45, 2.75) is 13.0 Å². The Labute approximate surface area is 138 Å². The van der Waals surface area contributed by atoms with Gasteiger partial charge in [-0.1, -0.05) is 24.3 Å². The average molecular weight is 333 g/mol. The molecule has 0 aliphatic heterocycles. The second kappa shape index (κ2) is 8.05. The van der Waals surface area contributed by atoms with E-state index in [1.54, 1.807) is 31.2 Å². The third-order valence-corrected chi connectivity index (χ3v) is 3.25. The second-order valence-corrected chi connectivity index (χ2v) is 5.13. The van der Waals surface area contributed by atoms with Gasteiger partial charge in [-0.3, -0.25) is 4.79 Å². The molecule has 2 aromatic carbocycles. The standard InChI is InChI=1S/C17H17F2N3O2/c1-11(14-8-7-12(18)9-15(14)19)21-16(23)10-20-17(24)22-13-5-3-2-4-6-13/h2-9,11H,10H2,1H3,(H,21,23)(H2,20,22,24). The first-order valence-electron chi connectivity index (χ1n) is 7.30. The second-order valence-electron chi connectivity index (χ2n) is 5.13. The van der Waals surface area contributed by atoms with Crippen molar-refractivity contribution < 1.29 is 18.4 Å². The number of hydrogen-bond donors (Lipinski definition) is 3. The topological polar surface area (TPSA) is 70.2 Å². The lowest BCUT2D eigenvalue weighted by Gasteiger charge is -2.15. The predicted molar refractivity (Wildman–Crippen MR) is 86.4 cm³/mol. The number of anilines is 1. The number of carbonyl (C=O) groups is 2. The summed E-state index contributed by atoms with van der Waals surface area (Å²) in [5.74, 6) is -1.92. The number of amides is 3. The molecule has 24 heavy (non-hydrogen) atoms. The molecule has 3 N–H and O–H groups in total. The molecule has 0 radical (unpaired) electrons. The van der Waals surface area contributed by atoms with Crippen molar-refractivity contribution in [2.75, 3.05) is 11.9 Å². The third-order valence-electron chi connectivity index (χ3n) is 3.25. The summed E-state index contributed by atoms with van der Waals surface area (Å²) in [5.41, 5.74) is 0.760. The van der Waals surface area contributed by atoms with Crippen molar-refractivity contribution in [1.82, 2.24) is 10.6 Å². The van der Waals surface area contributed by atoms with Gasteiger partial charge in [0.05, 0.1) is 12.6 Å². The molecule has 0 spiro atoms. The number of rotatable bonds is 5. The molecule has 0 heterocycles. The van der Waals surface area contributed by atoms with Crippen LogP contribution in [0.1, 0.15) is 18.5 Å². The summed E-state index contributed by atoms with van der Waals surface area (Å²) in [5, 5.41) is 7.49. The molecule has 0 aromatic heterocycles. The van der Waals surface area contributed by atoms with Gasteiger partial charge in [0.1, 0.15) is 11.6 Å². The van der Waals surface area contributed by atoms with Crippen LogP contribution in [-0.2, 0) is 4.79 Å². The fourth-order valence-electron chi connectivity index (χ4n) is 2.08.